The van der Waals surface area contributed by atoms with Gasteiger partial charge in [0.25, 0.3) is 0 Å². The van der Waals surface area contributed by atoms with E-state index in [2.05, 4.69) is 65.3 Å². The second-order valence-corrected chi connectivity index (χ2v) is 7.27. The Kier molecular flexibility index (Phi) is 9.11. The summed E-state index contributed by atoms with van der Waals surface area (Å²) in [4.78, 5) is 12.0. The largest absolute Gasteiger partial charge is 0.379 e. The zero-order valence-corrected chi connectivity index (χ0v) is 19.2. The Labute approximate surface area is 181 Å². The monoisotopic (exact) mass is 487 g/mol. The molecule has 6 nitrogen and oxygen atoms in total. The van der Waals surface area contributed by atoms with Gasteiger partial charge in [0.2, 0.25) is 0 Å². The summed E-state index contributed by atoms with van der Waals surface area (Å²) in [7, 11) is 4.14. The van der Waals surface area contributed by atoms with E-state index >= 15 is 0 Å². The zero-order valence-electron chi connectivity index (χ0n) is 16.9. The van der Waals surface area contributed by atoms with E-state index in [0.717, 1.165) is 51.9 Å². The van der Waals surface area contributed by atoms with Gasteiger partial charge < -0.3 is 19.9 Å². The molecule has 0 bridgehead atoms. The van der Waals surface area contributed by atoms with Crippen LogP contribution in [0.25, 0.3) is 0 Å². The van der Waals surface area contributed by atoms with Crippen molar-refractivity contribution in [2.24, 2.45) is 4.99 Å². The smallest absolute Gasteiger partial charge is 0.194 e. The number of benzene rings is 1. The van der Waals surface area contributed by atoms with Crippen LogP contribution >= 0.6 is 24.0 Å². The first kappa shape index (κ1) is 22.2. The lowest BCUT2D eigenvalue weighted by Crippen LogP contribution is -2.46. The Morgan fingerprint density at radius 3 is 2.74 bits per heavy atom. The van der Waals surface area contributed by atoms with E-state index in [-0.39, 0.29) is 24.0 Å². The molecule has 1 aromatic rings. The standard InChI is InChI=1S/C20H33N5O.HI/c1-4-21-20(22-15-17-6-5-7-18(14-17)23(2)3)25-9-8-19(16-25)24-10-12-26-13-11-24;/h5-7,14,19H,4,8-13,15-16H2,1-3H3,(H,21,22);1H. The molecule has 1 aromatic carbocycles. The van der Waals surface area contributed by atoms with Crippen LogP contribution in [-0.2, 0) is 11.3 Å². The number of rotatable bonds is 5. The van der Waals surface area contributed by atoms with E-state index in [1.165, 1.54) is 17.7 Å². The van der Waals surface area contributed by atoms with Crippen molar-refractivity contribution in [3.05, 3.63) is 29.8 Å². The molecule has 0 aliphatic carbocycles. The third kappa shape index (κ3) is 6.22. The summed E-state index contributed by atoms with van der Waals surface area (Å²) in [5, 5.41) is 3.48. The predicted octanol–water partition coefficient (Wildman–Crippen LogP) is 2.24. The number of anilines is 1. The van der Waals surface area contributed by atoms with Gasteiger partial charge in [0.15, 0.2) is 5.96 Å². The highest BCUT2D eigenvalue weighted by Crippen LogP contribution is 2.18. The van der Waals surface area contributed by atoms with E-state index < -0.39 is 0 Å². The molecule has 2 aliphatic heterocycles. The summed E-state index contributed by atoms with van der Waals surface area (Å²) in [6, 6.07) is 9.23. The molecule has 0 amide bonds. The summed E-state index contributed by atoms with van der Waals surface area (Å²) in [6.45, 7) is 9.73. The second-order valence-electron chi connectivity index (χ2n) is 7.27. The minimum absolute atomic E-state index is 0. The Hall–Kier alpha value is -1.06. The topological polar surface area (TPSA) is 43.3 Å². The number of aliphatic imine (C=N–C) groups is 1. The Morgan fingerprint density at radius 2 is 2.04 bits per heavy atom. The molecule has 7 heteroatoms. The molecule has 2 aliphatic rings. The van der Waals surface area contributed by atoms with Gasteiger partial charge in [-0.3, -0.25) is 4.90 Å². The van der Waals surface area contributed by atoms with E-state index in [1.54, 1.807) is 0 Å². The van der Waals surface area contributed by atoms with Crippen LogP contribution in [-0.4, -0.2) is 81.8 Å². The van der Waals surface area contributed by atoms with Crippen molar-refractivity contribution >= 4 is 35.6 Å². The zero-order chi connectivity index (χ0) is 18.4. The molecular formula is C20H34IN5O. The highest BCUT2D eigenvalue weighted by molar-refractivity contribution is 14.0. The maximum atomic E-state index is 5.49. The van der Waals surface area contributed by atoms with Gasteiger partial charge in [-0.2, -0.15) is 0 Å². The highest BCUT2D eigenvalue weighted by Gasteiger charge is 2.30. The quantitative estimate of drug-likeness (QED) is 0.392. The minimum Gasteiger partial charge on any atom is -0.379 e. The van der Waals surface area contributed by atoms with Gasteiger partial charge in [0, 0.05) is 58.5 Å². The number of hydrogen-bond donors (Lipinski definition) is 1. The molecule has 1 unspecified atom stereocenters. The average molecular weight is 487 g/mol. The van der Waals surface area contributed by atoms with Crippen molar-refractivity contribution in [1.29, 1.82) is 0 Å². The van der Waals surface area contributed by atoms with Gasteiger partial charge in [-0.1, -0.05) is 12.1 Å². The Balaban J connectivity index is 0.00000261. The summed E-state index contributed by atoms with van der Waals surface area (Å²) < 4.78 is 5.49. The van der Waals surface area contributed by atoms with E-state index in [1.807, 2.05) is 0 Å². The number of nitrogens with one attached hydrogen (secondary N) is 1. The van der Waals surface area contributed by atoms with Crippen LogP contribution in [0.4, 0.5) is 5.69 Å². The lowest BCUT2D eigenvalue weighted by Gasteiger charge is -2.32. The second kappa shape index (κ2) is 11.1. The van der Waals surface area contributed by atoms with Crippen molar-refractivity contribution in [2.75, 3.05) is 64.9 Å². The van der Waals surface area contributed by atoms with Crippen LogP contribution in [0.3, 0.4) is 0 Å². The molecule has 2 fully saturated rings. The molecule has 0 saturated carbocycles. The molecule has 2 heterocycles. The van der Waals surface area contributed by atoms with Crippen LogP contribution in [0.2, 0.25) is 0 Å². The molecule has 2 saturated heterocycles. The first-order chi connectivity index (χ1) is 12.7. The van der Waals surface area contributed by atoms with Crippen LogP contribution in [0, 0.1) is 0 Å². The number of halogens is 1. The van der Waals surface area contributed by atoms with Crippen LogP contribution < -0.4 is 10.2 Å². The summed E-state index contributed by atoms with van der Waals surface area (Å²) in [5.41, 5.74) is 2.46. The van der Waals surface area contributed by atoms with E-state index in [9.17, 15) is 0 Å². The van der Waals surface area contributed by atoms with Gasteiger partial charge in [-0.25, -0.2) is 4.99 Å². The summed E-state index contributed by atoms with van der Waals surface area (Å²) >= 11 is 0. The lowest BCUT2D eigenvalue weighted by molar-refractivity contribution is 0.0195. The van der Waals surface area contributed by atoms with Crippen molar-refractivity contribution in [1.82, 2.24) is 15.1 Å². The van der Waals surface area contributed by atoms with Crippen molar-refractivity contribution in [3.8, 4) is 0 Å². The van der Waals surface area contributed by atoms with Crippen LogP contribution in [0.1, 0.15) is 18.9 Å². The van der Waals surface area contributed by atoms with Gasteiger partial charge in [-0.15, -0.1) is 24.0 Å². The minimum atomic E-state index is 0. The number of ether oxygens (including phenoxy) is 1. The van der Waals surface area contributed by atoms with Crippen molar-refractivity contribution < 1.29 is 4.74 Å². The first-order valence-electron chi connectivity index (χ1n) is 9.78. The van der Waals surface area contributed by atoms with Gasteiger partial charge in [0.05, 0.1) is 19.8 Å². The molecule has 3 rings (SSSR count). The van der Waals surface area contributed by atoms with Crippen molar-refractivity contribution in [3.63, 3.8) is 0 Å². The average Bonchev–Trinajstić information content (AvgIpc) is 3.16. The molecule has 1 atom stereocenters. The molecule has 1 N–H and O–H groups in total. The molecule has 27 heavy (non-hydrogen) atoms. The summed E-state index contributed by atoms with van der Waals surface area (Å²) in [6.07, 6.45) is 1.21. The lowest BCUT2D eigenvalue weighted by atomic mass is 10.2. The summed E-state index contributed by atoms with van der Waals surface area (Å²) in [5.74, 6) is 1.04. The van der Waals surface area contributed by atoms with Crippen molar-refractivity contribution in [2.45, 2.75) is 25.9 Å². The third-order valence-electron chi connectivity index (χ3n) is 5.20. The maximum absolute atomic E-state index is 5.49. The van der Waals surface area contributed by atoms with E-state index in [0.29, 0.717) is 12.6 Å². The number of hydrogen-bond acceptors (Lipinski definition) is 4. The third-order valence-corrected chi connectivity index (χ3v) is 5.20. The number of likely N-dealkylation sites (tertiary alicyclic amines) is 1. The number of morpholine rings is 1. The number of guanidine groups is 1. The SMILES string of the molecule is CCNC(=NCc1cccc(N(C)C)c1)N1CCC(N2CCOCC2)C1.I. The normalized spacial score (nSPS) is 21.1. The van der Waals surface area contributed by atoms with Crippen LogP contribution in [0.5, 0.6) is 0 Å². The molecule has 152 valence electrons. The Bertz CT molecular complexity index is 604. The highest BCUT2D eigenvalue weighted by atomic mass is 127. The van der Waals surface area contributed by atoms with E-state index in [4.69, 9.17) is 9.73 Å². The predicted molar refractivity (Wildman–Crippen MR) is 123 cm³/mol. The molecular weight excluding hydrogens is 453 g/mol. The fourth-order valence-electron chi connectivity index (χ4n) is 3.70. The fraction of sp³-hybridized carbons (Fsp3) is 0.650. The first-order valence-corrected chi connectivity index (χ1v) is 9.78. The fourth-order valence-corrected chi connectivity index (χ4v) is 3.70. The van der Waals surface area contributed by atoms with Gasteiger partial charge >= 0.3 is 0 Å². The molecule has 0 radical (unpaired) electrons. The van der Waals surface area contributed by atoms with Gasteiger partial charge in [0.1, 0.15) is 0 Å². The van der Waals surface area contributed by atoms with Gasteiger partial charge in [-0.05, 0) is 31.0 Å². The maximum Gasteiger partial charge on any atom is 0.194 e. The molecule has 0 aromatic heterocycles. The van der Waals surface area contributed by atoms with Crippen LogP contribution in [0.15, 0.2) is 29.3 Å². The Morgan fingerprint density at radius 1 is 1.26 bits per heavy atom. The molecule has 0 spiro atoms. The number of nitrogens with zero attached hydrogens (tertiary/aromatic N) is 4.